The summed E-state index contributed by atoms with van der Waals surface area (Å²) in [6.07, 6.45) is -0.177. The number of nitrogens with two attached hydrogens (primary N) is 1. The van der Waals surface area contributed by atoms with Crippen LogP contribution in [-0.2, 0) is 12.8 Å². The molecule has 0 bridgehead atoms. The van der Waals surface area contributed by atoms with E-state index in [2.05, 4.69) is 10.1 Å². The van der Waals surface area contributed by atoms with E-state index in [1.807, 2.05) is 0 Å². The van der Waals surface area contributed by atoms with Crippen LogP contribution in [0.25, 0.3) is 0 Å². The van der Waals surface area contributed by atoms with Crippen LogP contribution in [0.1, 0.15) is 50.4 Å². The minimum absolute atomic E-state index is 0.142. The van der Waals surface area contributed by atoms with Gasteiger partial charge in [0.05, 0.1) is 5.56 Å². The number of rotatable bonds is 4. The summed E-state index contributed by atoms with van der Waals surface area (Å²) in [5.41, 5.74) is 6.90. The Kier molecular flexibility index (Phi) is 5.41. The van der Waals surface area contributed by atoms with Crippen LogP contribution in [0.15, 0.2) is 24.3 Å². The standard InChI is InChI=1S/C18H17F3N2O3S/c19-18(20,21)26-11-8-6-10(7-9-11)16(25)23-17-14(15(22)24)12-4-2-1-3-5-13(12)27-17/h6-9H,1-5H2,(H2,22,24)(H,23,25). The molecule has 0 unspecified atom stereocenters. The highest BCUT2D eigenvalue weighted by Gasteiger charge is 2.31. The molecule has 1 aliphatic rings. The number of aryl methyl sites for hydroxylation is 1. The molecule has 3 N–H and O–H groups in total. The summed E-state index contributed by atoms with van der Waals surface area (Å²) in [5, 5.41) is 3.05. The Hall–Kier alpha value is -2.55. The predicted molar refractivity (Wildman–Crippen MR) is 95.2 cm³/mol. The highest BCUT2D eigenvalue weighted by molar-refractivity contribution is 7.17. The molecule has 0 spiro atoms. The van der Waals surface area contributed by atoms with E-state index >= 15 is 0 Å². The summed E-state index contributed by atoms with van der Waals surface area (Å²) in [5.74, 6) is -1.55. The zero-order valence-electron chi connectivity index (χ0n) is 14.2. The zero-order chi connectivity index (χ0) is 19.6. The molecule has 0 saturated carbocycles. The Bertz CT molecular complexity index is 860. The predicted octanol–water partition coefficient (Wildman–Crippen LogP) is 4.27. The third kappa shape index (κ3) is 4.60. The topological polar surface area (TPSA) is 81.4 Å². The summed E-state index contributed by atoms with van der Waals surface area (Å²) in [7, 11) is 0. The van der Waals surface area contributed by atoms with Gasteiger partial charge in [-0.2, -0.15) is 0 Å². The molecule has 9 heteroatoms. The summed E-state index contributed by atoms with van der Waals surface area (Å²) in [6.45, 7) is 0. The van der Waals surface area contributed by atoms with Crippen molar-refractivity contribution in [3.8, 4) is 5.75 Å². The number of anilines is 1. The average molecular weight is 398 g/mol. The minimum Gasteiger partial charge on any atom is -0.406 e. The van der Waals surface area contributed by atoms with Crippen molar-refractivity contribution < 1.29 is 27.5 Å². The Morgan fingerprint density at radius 3 is 2.37 bits per heavy atom. The third-order valence-corrected chi connectivity index (χ3v) is 5.45. The van der Waals surface area contributed by atoms with E-state index in [9.17, 15) is 22.8 Å². The molecule has 2 aromatic rings. The number of carbonyl (C=O) groups excluding carboxylic acids is 2. The monoisotopic (exact) mass is 398 g/mol. The fourth-order valence-electron chi connectivity index (χ4n) is 3.07. The number of hydrogen-bond acceptors (Lipinski definition) is 4. The molecule has 0 saturated heterocycles. The molecule has 0 fully saturated rings. The van der Waals surface area contributed by atoms with Crippen LogP contribution in [0, 0.1) is 0 Å². The van der Waals surface area contributed by atoms with Crippen molar-refractivity contribution in [3.05, 3.63) is 45.8 Å². The number of hydrogen-bond donors (Lipinski definition) is 2. The number of nitrogens with one attached hydrogen (secondary N) is 1. The normalized spacial score (nSPS) is 14.2. The minimum atomic E-state index is -4.80. The summed E-state index contributed by atoms with van der Waals surface area (Å²) in [6, 6.07) is 4.56. The van der Waals surface area contributed by atoms with Gasteiger partial charge in [-0.3, -0.25) is 9.59 Å². The van der Waals surface area contributed by atoms with Crippen molar-refractivity contribution in [1.29, 1.82) is 0 Å². The second-order valence-corrected chi connectivity index (χ2v) is 7.26. The lowest BCUT2D eigenvalue weighted by molar-refractivity contribution is -0.274. The van der Waals surface area contributed by atoms with Gasteiger partial charge in [-0.25, -0.2) is 0 Å². The number of carbonyl (C=O) groups is 2. The van der Waals surface area contributed by atoms with E-state index in [0.717, 1.165) is 54.7 Å². The lowest BCUT2D eigenvalue weighted by atomic mass is 10.1. The van der Waals surface area contributed by atoms with Crippen LogP contribution in [-0.4, -0.2) is 18.2 Å². The maximum Gasteiger partial charge on any atom is 0.573 e. The molecule has 2 amide bonds. The smallest absolute Gasteiger partial charge is 0.406 e. The van der Waals surface area contributed by atoms with E-state index in [1.54, 1.807) is 0 Å². The van der Waals surface area contributed by atoms with Crippen LogP contribution in [0.3, 0.4) is 0 Å². The molecule has 0 atom stereocenters. The molecular weight excluding hydrogens is 381 g/mol. The number of ether oxygens (including phenoxy) is 1. The van der Waals surface area contributed by atoms with Crippen LogP contribution in [0.4, 0.5) is 18.2 Å². The van der Waals surface area contributed by atoms with E-state index < -0.39 is 23.9 Å². The van der Waals surface area contributed by atoms with Gasteiger partial charge < -0.3 is 15.8 Å². The lowest BCUT2D eigenvalue weighted by Crippen LogP contribution is -2.18. The summed E-state index contributed by atoms with van der Waals surface area (Å²) < 4.78 is 40.4. The molecule has 144 valence electrons. The first-order chi connectivity index (χ1) is 12.7. The van der Waals surface area contributed by atoms with Gasteiger partial charge in [-0.15, -0.1) is 24.5 Å². The van der Waals surface area contributed by atoms with Gasteiger partial charge in [-0.05, 0) is 55.5 Å². The quantitative estimate of drug-likeness (QED) is 0.755. The molecule has 0 aliphatic heterocycles. The number of amides is 2. The Labute approximate surface area is 157 Å². The highest BCUT2D eigenvalue weighted by Crippen LogP contribution is 2.37. The fraction of sp³-hybridized carbons (Fsp3) is 0.333. The molecule has 3 rings (SSSR count). The van der Waals surface area contributed by atoms with Crippen molar-refractivity contribution in [2.45, 2.75) is 38.5 Å². The second-order valence-electron chi connectivity index (χ2n) is 6.16. The molecule has 1 aromatic carbocycles. The van der Waals surface area contributed by atoms with Crippen LogP contribution in [0.5, 0.6) is 5.75 Å². The SMILES string of the molecule is NC(=O)c1c(NC(=O)c2ccc(OC(F)(F)F)cc2)sc2c1CCCCC2. The average Bonchev–Trinajstić information content (AvgIpc) is 2.75. The molecule has 0 radical (unpaired) electrons. The maximum atomic E-state index is 12.4. The van der Waals surface area contributed by atoms with Gasteiger partial charge in [0.15, 0.2) is 0 Å². The highest BCUT2D eigenvalue weighted by atomic mass is 32.1. The largest absolute Gasteiger partial charge is 0.573 e. The van der Waals surface area contributed by atoms with Crippen LogP contribution in [0.2, 0.25) is 0 Å². The first-order valence-corrected chi connectivity index (χ1v) is 9.18. The molecule has 5 nitrogen and oxygen atoms in total. The van der Waals surface area contributed by atoms with Crippen molar-refractivity contribution in [2.75, 3.05) is 5.32 Å². The van der Waals surface area contributed by atoms with Gasteiger partial charge in [0.2, 0.25) is 0 Å². The van der Waals surface area contributed by atoms with Gasteiger partial charge in [0, 0.05) is 10.4 Å². The fourth-order valence-corrected chi connectivity index (χ4v) is 4.36. The number of fused-ring (bicyclic) bond motifs is 1. The third-order valence-electron chi connectivity index (χ3n) is 4.24. The Morgan fingerprint density at radius 2 is 1.74 bits per heavy atom. The van der Waals surface area contributed by atoms with Gasteiger partial charge >= 0.3 is 6.36 Å². The van der Waals surface area contributed by atoms with E-state index in [4.69, 9.17) is 5.73 Å². The maximum absolute atomic E-state index is 12.4. The first kappa shape index (κ1) is 19.2. The van der Waals surface area contributed by atoms with Gasteiger partial charge in [-0.1, -0.05) is 6.42 Å². The van der Waals surface area contributed by atoms with Crippen molar-refractivity contribution in [2.24, 2.45) is 5.73 Å². The van der Waals surface area contributed by atoms with Crippen molar-refractivity contribution in [3.63, 3.8) is 0 Å². The molecule has 27 heavy (non-hydrogen) atoms. The van der Waals surface area contributed by atoms with Crippen LogP contribution >= 0.6 is 11.3 Å². The summed E-state index contributed by atoms with van der Waals surface area (Å²) in [4.78, 5) is 25.4. The number of halogens is 3. The number of benzene rings is 1. The van der Waals surface area contributed by atoms with Gasteiger partial charge in [0.25, 0.3) is 11.8 Å². The van der Waals surface area contributed by atoms with Crippen molar-refractivity contribution >= 4 is 28.2 Å². The van der Waals surface area contributed by atoms with Crippen molar-refractivity contribution in [1.82, 2.24) is 0 Å². The Balaban J connectivity index is 1.81. The van der Waals surface area contributed by atoms with E-state index in [0.29, 0.717) is 10.6 Å². The van der Waals surface area contributed by atoms with E-state index in [1.165, 1.54) is 23.5 Å². The Morgan fingerprint density at radius 1 is 1.07 bits per heavy atom. The number of primary amides is 1. The second kappa shape index (κ2) is 7.59. The molecular formula is C18H17F3N2O3S. The summed E-state index contributed by atoms with van der Waals surface area (Å²) >= 11 is 1.33. The number of alkyl halides is 3. The van der Waals surface area contributed by atoms with E-state index in [-0.39, 0.29) is 5.56 Å². The molecule has 1 aromatic heterocycles. The van der Waals surface area contributed by atoms with Crippen LogP contribution < -0.4 is 15.8 Å². The molecule has 1 heterocycles. The lowest BCUT2D eigenvalue weighted by Gasteiger charge is -2.09. The molecule has 1 aliphatic carbocycles. The first-order valence-electron chi connectivity index (χ1n) is 8.36. The number of thiophene rings is 1. The zero-order valence-corrected chi connectivity index (χ0v) is 15.0. The van der Waals surface area contributed by atoms with Gasteiger partial charge in [0.1, 0.15) is 10.8 Å².